The fraction of sp³-hybridized carbons (Fsp3) is 0.222. The second-order valence-corrected chi connectivity index (χ2v) is 6.99. The maximum Gasteiger partial charge on any atom is 0.310 e. The first-order valence-corrected chi connectivity index (χ1v) is 9.27. The van der Waals surface area contributed by atoms with E-state index in [9.17, 15) is 9.59 Å². The molecule has 0 bridgehead atoms. The van der Waals surface area contributed by atoms with Gasteiger partial charge < -0.3 is 19.5 Å². The number of benzene rings is 2. The molecule has 0 unspecified atom stereocenters. The van der Waals surface area contributed by atoms with Gasteiger partial charge in [0.15, 0.2) is 18.1 Å². The molecule has 0 spiro atoms. The van der Waals surface area contributed by atoms with Crippen molar-refractivity contribution in [2.75, 3.05) is 26.1 Å². The second kappa shape index (κ2) is 10.1. The predicted molar refractivity (Wildman–Crippen MR) is 109 cm³/mol. The molecule has 1 N–H and O–H groups in total. The number of amides is 1. The van der Waals surface area contributed by atoms with Crippen LogP contribution in [0.15, 0.2) is 24.3 Å². The Morgan fingerprint density at radius 3 is 2.11 bits per heavy atom. The third kappa shape index (κ3) is 5.58. The Bertz CT molecular complexity index is 878. The molecule has 10 heteroatoms. The van der Waals surface area contributed by atoms with Gasteiger partial charge in [0, 0.05) is 0 Å². The second-order valence-electron chi connectivity index (χ2n) is 5.42. The maximum absolute atomic E-state index is 12.1. The summed E-state index contributed by atoms with van der Waals surface area (Å²) in [6, 6.07) is 6.36. The number of esters is 1. The van der Waals surface area contributed by atoms with Crippen LogP contribution in [0.3, 0.4) is 0 Å². The van der Waals surface area contributed by atoms with Gasteiger partial charge in [-0.15, -0.1) is 0 Å². The molecule has 0 saturated carbocycles. The molecular weight excluding hydrogens is 452 g/mol. The summed E-state index contributed by atoms with van der Waals surface area (Å²) >= 11 is 23.9. The molecule has 0 saturated heterocycles. The Labute approximate surface area is 181 Å². The van der Waals surface area contributed by atoms with E-state index in [0.29, 0.717) is 17.1 Å². The number of methoxy groups -OCH3 is 2. The SMILES string of the molecule is COc1ccc(CC(=O)OCC(=O)Nc2c(Cl)c(Cl)cc(Cl)c2Cl)cc1OC. The number of carbonyl (C=O) groups is 2. The zero-order valence-electron chi connectivity index (χ0n) is 14.8. The summed E-state index contributed by atoms with van der Waals surface area (Å²) < 4.78 is 15.3. The smallest absolute Gasteiger partial charge is 0.310 e. The molecule has 0 aliphatic heterocycles. The topological polar surface area (TPSA) is 73.9 Å². The summed E-state index contributed by atoms with van der Waals surface area (Å²) in [6.07, 6.45) is -0.0574. The van der Waals surface area contributed by atoms with Crippen molar-refractivity contribution in [2.45, 2.75) is 6.42 Å². The molecule has 2 rings (SSSR count). The highest BCUT2D eigenvalue weighted by atomic mass is 35.5. The first kappa shape index (κ1) is 22.4. The van der Waals surface area contributed by atoms with Crippen molar-refractivity contribution in [3.63, 3.8) is 0 Å². The fourth-order valence-corrected chi connectivity index (χ4v) is 3.12. The number of hydrogen-bond acceptors (Lipinski definition) is 5. The standard InChI is InChI=1S/C18H15Cl4NO5/c1-26-12-4-3-9(5-13(12)27-2)6-15(25)28-8-14(24)23-18-16(21)10(19)7-11(20)17(18)22/h3-5,7H,6,8H2,1-2H3,(H,23,24). The lowest BCUT2D eigenvalue weighted by molar-refractivity contribution is -0.146. The van der Waals surface area contributed by atoms with E-state index < -0.39 is 18.5 Å². The molecule has 0 atom stereocenters. The van der Waals surface area contributed by atoms with Crippen molar-refractivity contribution in [3.8, 4) is 11.5 Å². The first-order valence-electron chi connectivity index (χ1n) is 7.76. The van der Waals surface area contributed by atoms with Crippen LogP contribution in [0.2, 0.25) is 20.1 Å². The Morgan fingerprint density at radius 2 is 1.54 bits per heavy atom. The highest BCUT2D eigenvalue weighted by Gasteiger charge is 2.17. The van der Waals surface area contributed by atoms with Gasteiger partial charge in [0.05, 0.1) is 46.4 Å². The molecule has 1 amide bonds. The van der Waals surface area contributed by atoms with Gasteiger partial charge in [-0.05, 0) is 23.8 Å². The van der Waals surface area contributed by atoms with Crippen molar-refractivity contribution in [3.05, 3.63) is 49.9 Å². The molecule has 150 valence electrons. The average Bonchev–Trinajstić information content (AvgIpc) is 2.68. The summed E-state index contributed by atoms with van der Waals surface area (Å²) in [5, 5.41) is 2.73. The van der Waals surface area contributed by atoms with Crippen LogP contribution in [0.5, 0.6) is 11.5 Å². The van der Waals surface area contributed by atoms with Gasteiger partial charge in [-0.25, -0.2) is 0 Å². The minimum absolute atomic E-state index is 0.0288. The molecule has 0 aliphatic rings. The predicted octanol–water partition coefficient (Wildman–Crippen LogP) is 5.04. The number of carbonyl (C=O) groups excluding carboxylic acids is 2. The lowest BCUT2D eigenvalue weighted by Gasteiger charge is -2.12. The maximum atomic E-state index is 12.1. The number of hydrogen-bond donors (Lipinski definition) is 1. The normalized spacial score (nSPS) is 10.4. The molecule has 0 heterocycles. The average molecular weight is 467 g/mol. The minimum Gasteiger partial charge on any atom is -0.493 e. The van der Waals surface area contributed by atoms with E-state index in [4.69, 9.17) is 60.6 Å². The Balaban J connectivity index is 1.96. The van der Waals surface area contributed by atoms with Gasteiger partial charge in [0.2, 0.25) is 0 Å². The minimum atomic E-state index is -0.650. The van der Waals surface area contributed by atoms with Crippen LogP contribution < -0.4 is 14.8 Å². The van der Waals surface area contributed by atoms with Crippen LogP contribution in [0.25, 0.3) is 0 Å². The van der Waals surface area contributed by atoms with Gasteiger partial charge in [0.1, 0.15) is 0 Å². The molecule has 0 aliphatic carbocycles. The Kier molecular flexibility index (Phi) is 8.07. The highest BCUT2D eigenvalue weighted by molar-refractivity contribution is 6.50. The van der Waals surface area contributed by atoms with Crippen LogP contribution in [-0.2, 0) is 20.7 Å². The Hall–Kier alpha value is -1.86. The van der Waals surface area contributed by atoms with Crippen LogP contribution in [0.4, 0.5) is 5.69 Å². The van der Waals surface area contributed by atoms with E-state index in [1.165, 1.54) is 20.3 Å². The summed E-state index contributed by atoms with van der Waals surface area (Å²) in [5.74, 6) is -0.243. The van der Waals surface area contributed by atoms with Gasteiger partial charge in [-0.1, -0.05) is 52.5 Å². The van der Waals surface area contributed by atoms with Crippen LogP contribution >= 0.6 is 46.4 Å². The lowest BCUT2D eigenvalue weighted by atomic mass is 10.1. The Morgan fingerprint density at radius 1 is 0.929 bits per heavy atom. The quantitative estimate of drug-likeness (QED) is 0.457. The summed E-state index contributed by atoms with van der Waals surface area (Å²) in [4.78, 5) is 24.0. The van der Waals surface area contributed by atoms with Crippen LogP contribution in [0, 0.1) is 0 Å². The molecule has 0 radical (unpaired) electrons. The first-order chi connectivity index (χ1) is 13.3. The van der Waals surface area contributed by atoms with E-state index in [1.54, 1.807) is 18.2 Å². The van der Waals surface area contributed by atoms with Gasteiger partial charge in [0.25, 0.3) is 5.91 Å². The molecule has 0 aromatic heterocycles. The van der Waals surface area contributed by atoms with Crippen molar-refractivity contribution < 1.29 is 23.8 Å². The van der Waals surface area contributed by atoms with Crippen molar-refractivity contribution in [1.29, 1.82) is 0 Å². The molecule has 2 aromatic carbocycles. The van der Waals surface area contributed by atoms with Gasteiger partial charge in [-0.3, -0.25) is 9.59 Å². The molecular formula is C18H15Cl4NO5. The van der Waals surface area contributed by atoms with Crippen LogP contribution in [-0.4, -0.2) is 32.7 Å². The van der Waals surface area contributed by atoms with Crippen molar-refractivity contribution in [1.82, 2.24) is 0 Å². The summed E-state index contributed by atoms with van der Waals surface area (Å²) in [5.41, 5.74) is 0.678. The zero-order valence-corrected chi connectivity index (χ0v) is 17.8. The molecule has 2 aromatic rings. The van der Waals surface area contributed by atoms with E-state index in [0.717, 1.165) is 0 Å². The third-order valence-corrected chi connectivity index (χ3v) is 5.11. The molecule has 28 heavy (non-hydrogen) atoms. The molecule has 0 fully saturated rings. The zero-order chi connectivity index (χ0) is 20.8. The highest BCUT2D eigenvalue weighted by Crippen LogP contribution is 2.41. The van der Waals surface area contributed by atoms with E-state index in [2.05, 4.69) is 5.32 Å². The van der Waals surface area contributed by atoms with E-state index in [1.807, 2.05) is 0 Å². The summed E-state index contributed by atoms with van der Waals surface area (Å²) in [6.45, 7) is -0.539. The van der Waals surface area contributed by atoms with Gasteiger partial charge in [-0.2, -0.15) is 0 Å². The number of anilines is 1. The van der Waals surface area contributed by atoms with E-state index in [-0.39, 0.29) is 32.2 Å². The largest absolute Gasteiger partial charge is 0.493 e. The van der Waals surface area contributed by atoms with Crippen molar-refractivity contribution >= 4 is 64.0 Å². The summed E-state index contributed by atoms with van der Waals surface area (Å²) in [7, 11) is 3.00. The molecule has 6 nitrogen and oxygen atoms in total. The van der Waals surface area contributed by atoms with Gasteiger partial charge >= 0.3 is 5.97 Å². The third-order valence-electron chi connectivity index (χ3n) is 3.54. The fourth-order valence-electron chi connectivity index (χ4n) is 2.21. The number of rotatable bonds is 7. The number of nitrogens with one attached hydrogen (secondary N) is 1. The number of ether oxygens (including phenoxy) is 3. The van der Waals surface area contributed by atoms with Crippen LogP contribution in [0.1, 0.15) is 5.56 Å². The van der Waals surface area contributed by atoms with E-state index >= 15 is 0 Å². The number of halogens is 4. The van der Waals surface area contributed by atoms with Crippen molar-refractivity contribution in [2.24, 2.45) is 0 Å². The monoisotopic (exact) mass is 465 g/mol. The lowest BCUT2D eigenvalue weighted by Crippen LogP contribution is -2.22.